The van der Waals surface area contributed by atoms with E-state index in [1.54, 1.807) is 0 Å². The Morgan fingerprint density at radius 1 is 1.32 bits per heavy atom. The average Bonchev–Trinajstić information content (AvgIpc) is 2.68. The molecule has 2 rings (SSSR count). The lowest BCUT2D eigenvalue weighted by molar-refractivity contribution is -0.0316. The number of nitrogens with zero attached hydrogens (tertiary/aromatic N) is 3. The number of urea groups is 2. The molecule has 25 heavy (non-hydrogen) atoms. The molecule has 0 aromatic heterocycles. The fraction of sp³-hybridized carbons (Fsp3) is 0.667. The van der Waals surface area contributed by atoms with E-state index in [0.717, 1.165) is 4.90 Å². The van der Waals surface area contributed by atoms with Crippen LogP contribution < -0.4 is 16.8 Å². The van der Waals surface area contributed by atoms with Gasteiger partial charge in [0.15, 0.2) is 0 Å². The Bertz CT molecular complexity index is 808. The lowest BCUT2D eigenvalue weighted by Crippen LogP contribution is -2.48. The molecule has 2 aliphatic rings. The second-order valence-corrected chi connectivity index (χ2v) is 7.93. The van der Waals surface area contributed by atoms with Crippen molar-refractivity contribution in [2.24, 2.45) is 15.9 Å². The number of amidine groups is 1. The van der Waals surface area contributed by atoms with Gasteiger partial charge in [-0.1, -0.05) is 0 Å². The van der Waals surface area contributed by atoms with E-state index in [-0.39, 0.29) is 19.4 Å². The van der Waals surface area contributed by atoms with Crippen LogP contribution in [0.25, 0.3) is 0 Å². The number of primary amides is 1. The molecule has 142 valence electrons. The number of piperidine rings is 1. The number of carbonyl (C=O) groups excluding carboxylic acids is 2. The molecule has 2 fully saturated rings. The highest BCUT2D eigenvalue weighted by Gasteiger charge is 2.48. The van der Waals surface area contributed by atoms with Crippen LogP contribution in [0, 0.1) is 0 Å². The minimum absolute atomic E-state index is 0.00875. The molecule has 0 aromatic carbocycles. The van der Waals surface area contributed by atoms with Gasteiger partial charge in [-0.2, -0.15) is 13.5 Å². The van der Waals surface area contributed by atoms with E-state index >= 15 is 0 Å². The zero-order chi connectivity index (χ0) is 19.0. The Morgan fingerprint density at radius 3 is 2.52 bits per heavy atom. The number of rotatable bonds is 6. The van der Waals surface area contributed by atoms with Crippen LogP contribution in [-0.2, 0) is 24.7 Å². The molecule has 6 N–H and O–H groups in total. The zero-order valence-electron chi connectivity index (χ0n) is 12.6. The topological polar surface area (TPSA) is 215 Å². The predicted octanol–water partition coefficient (Wildman–Crippen LogP) is -2.70. The minimum Gasteiger partial charge on any atom is -0.385 e. The first-order chi connectivity index (χ1) is 11.4. The molecule has 2 atom stereocenters. The number of hydroxylamine groups is 2. The maximum Gasteiger partial charge on any atom is 0.418 e. The summed E-state index contributed by atoms with van der Waals surface area (Å²) in [4.78, 5) is 23.8. The van der Waals surface area contributed by atoms with Gasteiger partial charge in [0.2, 0.25) is 0 Å². The number of amides is 4. The molecule has 2 aliphatic heterocycles. The summed E-state index contributed by atoms with van der Waals surface area (Å²) in [5.41, 5.74) is 10.4. The molecule has 2 unspecified atom stereocenters. The normalized spacial score (nSPS) is 24.5. The Labute approximate surface area is 142 Å². The number of hydrogen-bond donors (Lipinski definition) is 4. The molecular weight excluding hydrogens is 384 g/mol. The minimum atomic E-state index is -4.89. The van der Waals surface area contributed by atoms with Gasteiger partial charge in [-0.05, 0) is 12.8 Å². The Kier molecular flexibility index (Phi) is 5.07. The fourth-order valence-corrected chi connectivity index (χ4v) is 3.78. The molecule has 2 heterocycles. The summed E-state index contributed by atoms with van der Waals surface area (Å²) >= 11 is 0. The second-order valence-electron chi connectivity index (χ2n) is 5.29. The van der Waals surface area contributed by atoms with Crippen LogP contribution in [0.4, 0.5) is 9.59 Å². The van der Waals surface area contributed by atoms with E-state index in [4.69, 9.17) is 16.0 Å². The Balaban J connectivity index is 2.16. The second kappa shape index (κ2) is 6.62. The van der Waals surface area contributed by atoms with E-state index in [2.05, 4.69) is 8.68 Å². The number of fused-ring (bicyclic) bond motifs is 2. The summed E-state index contributed by atoms with van der Waals surface area (Å²) in [7, 11) is -9.06. The van der Waals surface area contributed by atoms with Gasteiger partial charge in [0.25, 0.3) is 10.0 Å². The largest absolute Gasteiger partial charge is 0.418 e. The third kappa shape index (κ3) is 4.68. The summed E-state index contributed by atoms with van der Waals surface area (Å²) in [6, 6.07) is -3.53. The van der Waals surface area contributed by atoms with Crippen LogP contribution in [0.2, 0.25) is 0 Å². The van der Waals surface area contributed by atoms with Crippen molar-refractivity contribution < 1.29 is 35.3 Å². The van der Waals surface area contributed by atoms with Crippen LogP contribution in [0.5, 0.6) is 0 Å². The quantitative estimate of drug-likeness (QED) is 0.207. The maximum atomic E-state index is 12.2. The summed E-state index contributed by atoms with van der Waals surface area (Å²) in [5.74, 6) is -1.28. The number of hydrogen-bond acceptors (Lipinski definition) is 7. The number of nitrogens with two attached hydrogens (primary N) is 2. The summed E-state index contributed by atoms with van der Waals surface area (Å²) in [6.07, 6.45) is 0.425. The van der Waals surface area contributed by atoms with E-state index < -0.39 is 56.3 Å². The molecule has 0 aromatic rings. The van der Waals surface area contributed by atoms with E-state index in [9.17, 15) is 26.4 Å². The van der Waals surface area contributed by atoms with Gasteiger partial charge < -0.3 is 21.7 Å². The van der Waals surface area contributed by atoms with E-state index in [1.165, 1.54) is 0 Å². The first-order valence-corrected chi connectivity index (χ1v) is 9.75. The number of carbonyl (C=O) groups is 2. The lowest BCUT2D eigenvalue weighted by atomic mass is 10.0. The molecule has 0 saturated carbocycles. The molecule has 14 nitrogen and oxygen atoms in total. The monoisotopic (exact) mass is 400 g/mol. The molecule has 4 amide bonds. The van der Waals surface area contributed by atoms with Crippen molar-refractivity contribution in [3.05, 3.63) is 0 Å². The summed E-state index contributed by atoms with van der Waals surface area (Å²) in [5, 5.41) is 2.35. The highest BCUT2D eigenvalue weighted by molar-refractivity contribution is 7.90. The van der Waals surface area contributed by atoms with E-state index in [1.807, 2.05) is 5.32 Å². The van der Waals surface area contributed by atoms with Gasteiger partial charge >= 0.3 is 22.5 Å². The van der Waals surface area contributed by atoms with Crippen molar-refractivity contribution in [3.8, 4) is 0 Å². The lowest BCUT2D eigenvalue weighted by Gasteiger charge is -2.29. The highest BCUT2D eigenvalue weighted by Crippen LogP contribution is 2.30. The first-order valence-electron chi connectivity index (χ1n) is 6.78. The molecule has 2 bridgehead atoms. The molecule has 0 aliphatic carbocycles. The molecular formula is C9H16N6O8S2. The third-order valence-electron chi connectivity index (χ3n) is 3.51. The van der Waals surface area contributed by atoms with Crippen molar-refractivity contribution in [2.75, 3.05) is 12.4 Å². The van der Waals surface area contributed by atoms with Gasteiger partial charge in [0, 0.05) is 6.54 Å². The van der Waals surface area contributed by atoms with Gasteiger partial charge in [0.05, 0.1) is 12.1 Å². The van der Waals surface area contributed by atoms with E-state index in [0.29, 0.717) is 5.06 Å². The standard InChI is InChI=1S/C9H16N6O8S2/c10-7(13-24(18,19)4-12-8(11)16)6-2-1-5-3-14(6)9(17)15(5)23-25(20,21)22/h5-6H,1-4H2,(H2,10,13)(H3,11,12,16)(H,20,21,22). The number of sulfonamides is 1. The summed E-state index contributed by atoms with van der Waals surface area (Å²) < 4.78 is 61.3. The van der Waals surface area contributed by atoms with Gasteiger partial charge in [-0.3, -0.25) is 4.55 Å². The number of nitrogens with one attached hydrogen (secondary N) is 1. The predicted molar refractivity (Wildman–Crippen MR) is 81.5 cm³/mol. The molecule has 2 saturated heterocycles. The smallest absolute Gasteiger partial charge is 0.385 e. The highest BCUT2D eigenvalue weighted by atomic mass is 32.3. The maximum absolute atomic E-state index is 12.2. The average molecular weight is 400 g/mol. The van der Waals surface area contributed by atoms with Crippen molar-refractivity contribution in [1.29, 1.82) is 0 Å². The van der Waals surface area contributed by atoms with Crippen LogP contribution in [-0.4, -0.2) is 73.8 Å². The Hall–Kier alpha value is -2.17. The molecule has 0 radical (unpaired) electrons. The zero-order valence-corrected chi connectivity index (χ0v) is 14.2. The van der Waals surface area contributed by atoms with Crippen LogP contribution in [0.15, 0.2) is 4.40 Å². The van der Waals surface area contributed by atoms with Gasteiger partial charge in [0.1, 0.15) is 11.7 Å². The van der Waals surface area contributed by atoms with Crippen LogP contribution in [0.3, 0.4) is 0 Å². The SMILES string of the molecule is NC(=O)NCS(=O)(=O)N=C(N)C1CCC2CN1C(=O)N2OS(=O)(=O)O. The van der Waals surface area contributed by atoms with Crippen molar-refractivity contribution >= 4 is 38.3 Å². The van der Waals surface area contributed by atoms with Crippen molar-refractivity contribution in [3.63, 3.8) is 0 Å². The van der Waals surface area contributed by atoms with Gasteiger partial charge in [-0.15, -0.1) is 8.68 Å². The third-order valence-corrected chi connectivity index (χ3v) is 4.86. The Morgan fingerprint density at radius 2 is 1.96 bits per heavy atom. The van der Waals surface area contributed by atoms with Crippen molar-refractivity contribution in [1.82, 2.24) is 15.3 Å². The molecule has 0 spiro atoms. The van der Waals surface area contributed by atoms with Gasteiger partial charge in [-0.25, -0.2) is 18.0 Å². The first kappa shape index (κ1) is 19.2. The van der Waals surface area contributed by atoms with Crippen LogP contribution in [0.1, 0.15) is 12.8 Å². The van der Waals surface area contributed by atoms with Crippen LogP contribution >= 0.6 is 0 Å². The molecule has 16 heteroatoms. The summed E-state index contributed by atoms with van der Waals surface area (Å²) in [6.45, 7) is 0.00875. The fourth-order valence-electron chi connectivity index (χ4n) is 2.56. The van der Waals surface area contributed by atoms with Crippen molar-refractivity contribution in [2.45, 2.75) is 24.9 Å².